The number of hydrogen-bond acceptors (Lipinski definition) is 2. The second kappa shape index (κ2) is 7.34. The van der Waals surface area contributed by atoms with Crippen molar-refractivity contribution in [2.45, 2.75) is 40.7 Å². The number of hydrogen-bond donors (Lipinski definition) is 1. The van der Waals surface area contributed by atoms with E-state index in [4.69, 9.17) is 4.74 Å². The molecule has 0 amide bonds. The molecule has 0 spiro atoms. The van der Waals surface area contributed by atoms with E-state index in [0.717, 1.165) is 19.8 Å². The van der Waals surface area contributed by atoms with Crippen LogP contribution >= 0.6 is 0 Å². The quantitative estimate of drug-likeness (QED) is 0.660. The predicted octanol–water partition coefficient (Wildman–Crippen LogP) is 2.29. The monoisotopic (exact) mass is 187 g/mol. The molecule has 80 valence electrons. The fourth-order valence-electron chi connectivity index (χ4n) is 1.12. The van der Waals surface area contributed by atoms with Crippen LogP contribution in [0.15, 0.2) is 0 Å². The Kier molecular flexibility index (Phi) is 7.29. The van der Waals surface area contributed by atoms with Crippen molar-refractivity contribution in [2.75, 3.05) is 19.8 Å². The summed E-state index contributed by atoms with van der Waals surface area (Å²) in [6.07, 6.45) is 0. The predicted molar refractivity (Wildman–Crippen MR) is 58.0 cm³/mol. The van der Waals surface area contributed by atoms with Gasteiger partial charge in [0.2, 0.25) is 0 Å². The summed E-state index contributed by atoms with van der Waals surface area (Å²) in [4.78, 5) is 0. The van der Waals surface area contributed by atoms with Crippen LogP contribution < -0.4 is 5.32 Å². The zero-order valence-corrected chi connectivity index (χ0v) is 9.76. The summed E-state index contributed by atoms with van der Waals surface area (Å²) in [5, 5.41) is 3.53. The van der Waals surface area contributed by atoms with Crippen LogP contribution in [0.4, 0.5) is 0 Å². The third-order valence-corrected chi connectivity index (χ3v) is 2.09. The zero-order chi connectivity index (χ0) is 10.3. The normalized spacial score (nSPS) is 14.1. The van der Waals surface area contributed by atoms with Crippen LogP contribution in [0.3, 0.4) is 0 Å². The molecule has 2 nitrogen and oxygen atoms in total. The molecule has 0 aromatic rings. The van der Waals surface area contributed by atoms with Gasteiger partial charge in [0.15, 0.2) is 0 Å². The highest BCUT2D eigenvalue weighted by molar-refractivity contribution is 4.70. The molecule has 13 heavy (non-hydrogen) atoms. The smallest absolute Gasteiger partial charge is 0.0621 e. The van der Waals surface area contributed by atoms with E-state index in [0.29, 0.717) is 17.9 Å². The Labute approximate surface area is 83.1 Å². The summed E-state index contributed by atoms with van der Waals surface area (Å²) < 4.78 is 5.43. The molecule has 0 heterocycles. The first kappa shape index (κ1) is 12.9. The average Bonchev–Trinajstić information content (AvgIpc) is 2.03. The molecule has 0 rings (SSSR count). The van der Waals surface area contributed by atoms with Gasteiger partial charge in [-0.05, 0) is 25.3 Å². The Morgan fingerprint density at radius 3 is 2.15 bits per heavy atom. The topological polar surface area (TPSA) is 21.3 Å². The molecule has 0 aromatic carbocycles. The van der Waals surface area contributed by atoms with E-state index >= 15 is 0 Å². The van der Waals surface area contributed by atoms with Crippen molar-refractivity contribution in [1.82, 2.24) is 5.32 Å². The molecule has 0 saturated carbocycles. The van der Waals surface area contributed by atoms with Gasteiger partial charge in [-0.1, -0.05) is 27.7 Å². The van der Waals surface area contributed by atoms with Crippen LogP contribution in [0.5, 0.6) is 0 Å². The van der Waals surface area contributed by atoms with Crippen molar-refractivity contribution < 1.29 is 4.74 Å². The highest BCUT2D eigenvalue weighted by atomic mass is 16.5. The maximum atomic E-state index is 5.43. The van der Waals surface area contributed by atoms with Crippen LogP contribution in [0, 0.1) is 11.8 Å². The lowest BCUT2D eigenvalue weighted by Gasteiger charge is -2.23. The molecule has 2 heteroatoms. The van der Waals surface area contributed by atoms with Gasteiger partial charge in [-0.15, -0.1) is 0 Å². The van der Waals surface area contributed by atoms with E-state index in [-0.39, 0.29) is 0 Å². The summed E-state index contributed by atoms with van der Waals surface area (Å²) in [5.74, 6) is 1.35. The molecule has 0 aliphatic rings. The van der Waals surface area contributed by atoms with Crippen LogP contribution in [-0.4, -0.2) is 25.8 Å². The highest BCUT2D eigenvalue weighted by Gasteiger charge is 2.12. The van der Waals surface area contributed by atoms with Crippen molar-refractivity contribution >= 4 is 0 Å². The van der Waals surface area contributed by atoms with E-state index in [1.54, 1.807) is 0 Å². The van der Waals surface area contributed by atoms with Crippen LogP contribution in [0.25, 0.3) is 0 Å². The van der Waals surface area contributed by atoms with Gasteiger partial charge in [0.25, 0.3) is 0 Å². The maximum Gasteiger partial charge on any atom is 0.0621 e. The molecule has 0 aliphatic carbocycles. The third kappa shape index (κ3) is 7.03. The molecule has 0 bridgehead atoms. The Hall–Kier alpha value is -0.0800. The van der Waals surface area contributed by atoms with Crippen LogP contribution in [0.2, 0.25) is 0 Å². The SMILES string of the molecule is CCOCC(NCC(C)C)C(C)C. The van der Waals surface area contributed by atoms with E-state index in [9.17, 15) is 0 Å². The van der Waals surface area contributed by atoms with Gasteiger partial charge in [-0.25, -0.2) is 0 Å². The van der Waals surface area contributed by atoms with Crippen LogP contribution in [0.1, 0.15) is 34.6 Å². The lowest BCUT2D eigenvalue weighted by atomic mass is 10.0. The molecule has 0 aromatic heterocycles. The zero-order valence-electron chi connectivity index (χ0n) is 9.76. The largest absolute Gasteiger partial charge is 0.380 e. The Bertz CT molecular complexity index is 113. The Morgan fingerprint density at radius 1 is 1.15 bits per heavy atom. The van der Waals surface area contributed by atoms with Crippen molar-refractivity contribution in [1.29, 1.82) is 0 Å². The number of rotatable bonds is 7. The number of ether oxygens (including phenoxy) is 1. The molecule has 1 N–H and O–H groups in total. The standard InChI is InChI=1S/C11H25NO/c1-6-13-8-11(10(4)5)12-7-9(2)3/h9-12H,6-8H2,1-5H3. The molecular formula is C11H25NO. The molecule has 1 unspecified atom stereocenters. The molecule has 0 fully saturated rings. The molecule has 0 radical (unpaired) electrons. The summed E-state index contributed by atoms with van der Waals surface area (Å²) in [7, 11) is 0. The molecule has 1 atom stereocenters. The summed E-state index contributed by atoms with van der Waals surface area (Å²) >= 11 is 0. The first-order chi connectivity index (χ1) is 6.07. The van der Waals surface area contributed by atoms with Gasteiger partial charge in [-0.3, -0.25) is 0 Å². The van der Waals surface area contributed by atoms with Gasteiger partial charge in [0.05, 0.1) is 6.61 Å². The third-order valence-electron chi connectivity index (χ3n) is 2.09. The summed E-state index contributed by atoms with van der Waals surface area (Å²) in [5.41, 5.74) is 0. The minimum atomic E-state index is 0.502. The lowest BCUT2D eigenvalue weighted by molar-refractivity contribution is 0.107. The van der Waals surface area contributed by atoms with E-state index in [1.165, 1.54) is 0 Å². The summed E-state index contributed by atoms with van der Waals surface area (Å²) in [6, 6.07) is 0.502. The van der Waals surface area contributed by atoms with Crippen molar-refractivity contribution in [3.8, 4) is 0 Å². The van der Waals surface area contributed by atoms with E-state index in [2.05, 4.69) is 33.0 Å². The second-order valence-corrected chi connectivity index (χ2v) is 4.31. The van der Waals surface area contributed by atoms with E-state index < -0.39 is 0 Å². The van der Waals surface area contributed by atoms with Crippen molar-refractivity contribution in [3.63, 3.8) is 0 Å². The highest BCUT2D eigenvalue weighted by Crippen LogP contribution is 2.03. The molecule has 0 saturated heterocycles. The fraction of sp³-hybridized carbons (Fsp3) is 1.00. The first-order valence-electron chi connectivity index (χ1n) is 5.39. The minimum Gasteiger partial charge on any atom is -0.380 e. The minimum absolute atomic E-state index is 0.502. The van der Waals surface area contributed by atoms with E-state index in [1.807, 2.05) is 6.92 Å². The second-order valence-electron chi connectivity index (χ2n) is 4.31. The fourth-order valence-corrected chi connectivity index (χ4v) is 1.12. The summed E-state index contributed by atoms with van der Waals surface area (Å²) in [6.45, 7) is 13.7. The van der Waals surface area contributed by atoms with Gasteiger partial charge in [0, 0.05) is 12.6 Å². The van der Waals surface area contributed by atoms with Gasteiger partial charge >= 0.3 is 0 Å². The van der Waals surface area contributed by atoms with Crippen molar-refractivity contribution in [2.24, 2.45) is 11.8 Å². The average molecular weight is 187 g/mol. The molecule has 0 aliphatic heterocycles. The van der Waals surface area contributed by atoms with Gasteiger partial charge < -0.3 is 10.1 Å². The Balaban J connectivity index is 3.67. The van der Waals surface area contributed by atoms with Gasteiger partial charge in [0.1, 0.15) is 0 Å². The Morgan fingerprint density at radius 2 is 1.77 bits per heavy atom. The first-order valence-corrected chi connectivity index (χ1v) is 5.39. The van der Waals surface area contributed by atoms with Gasteiger partial charge in [-0.2, -0.15) is 0 Å². The van der Waals surface area contributed by atoms with Crippen molar-refractivity contribution in [3.05, 3.63) is 0 Å². The molecular weight excluding hydrogens is 162 g/mol. The maximum absolute atomic E-state index is 5.43. The number of nitrogens with one attached hydrogen (secondary N) is 1. The lowest BCUT2D eigenvalue weighted by Crippen LogP contribution is -2.39. The van der Waals surface area contributed by atoms with Crippen LogP contribution in [-0.2, 0) is 4.74 Å².